The largest absolute Gasteiger partial charge is 0.400 e. The minimum Gasteiger partial charge on any atom is -0.400 e. The highest BCUT2D eigenvalue weighted by Gasteiger charge is 2.23. The molecule has 2 nitrogen and oxygen atoms in total. The summed E-state index contributed by atoms with van der Waals surface area (Å²) < 4.78 is 1.59. The first-order valence-electron chi connectivity index (χ1n) is 4.88. The molecule has 0 bridgehead atoms. The van der Waals surface area contributed by atoms with Crippen LogP contribution in [0, 0.1) is 0 Å². The lowest BCUT2D eigenvalue weighted by Crippen LogP contribution is -2.22. The monoisotopic (exact) mass is 197 g/mol. The zero-order valence-electron chi connectivity index (χ0n) is 8.90. The maximum absolute atomic E-state index is 11.0. The summed E-state index contributed by atoms with van der Waals surface area (Å²) >= 11 is 0. The average molecular weight is 197 g/mol. The predicted molar refractivity (Wildman–Crippen MR) is 62.2 cm³/mol. The van der Waals surface area contributed by atoms with Crippen molar-refractivity contribution in [2.45, 2.75) is 19.3 Å². The van der Waals surface area contributed by atoms with Crippen LogP contribution in [0.3, 0.4) is 0 Å². The van der Waals surface area contributed by atoms with Crippen molar-refractivity contribution in [1.29, 1.82) is 0 Å². The second-order valence-electron chi connectivity index (χ2n) is 4.30. The van der Waals surface area contributed by atoms with Gasteiger partial charge >= 0.3 is 0 Å². The zero-order chi connectivity index (χ0) is 11.1. The van der Waals surface area contributed by atoms with E-state index in [1.54, 1.807) is 4.48 Å². The van der Waals surface area contributed by atoms with Crippen LogP contribution in [-0.2, 0) is 10.2 Å². The van der Waals surface area contributed by atoms with E-state index >= 15 is 0 Å². The van der Waals surface area contributed by atoms with E-state index in [0.717, 1.165) is 22.9 Å². The van der Waals surface area contributed by atoms with E-state index in [-0.39, 0.29) is 0 Å². The van der Waals surface area contributed by atoms with Crippen LogP contribution < -0.4 is 0 Å². The number of fused-ring (bicyclic) bond motifs is 1. The molecule has 0 N–H and O–H groups in total. The molecule has 74 valence electrons. The summed E-state index contributed by atoms with van der Waals surface area (Å²) in [4.78, 5) is 11.0. The highest BCUT2D eigenvalue weighted by atomic mass is 16.1. The Kier molecular flexibility index (Phi) is 2.18. The first-order valence-corrected chi connectivity index (χ1v) is 4.88. The number of aromatic nitrogens is 1. The molecule has 0 unspecified atom stereocenters. The Bertz CT molecular complexity index is 513. The van der Waals surface area contributed by atoms with Gasteiger partial charge in [0.15, 0.2) is 0 Å². The first-order chi connectivity index (χ1) is 7.06. The topological polar surface area (TPSA) is 22.0 Å². The summed E-state index contributed by atoms with van der Waals surface area (Å²) in [5, 5.41) is 1.06. The van der Waals surface area contributed by atoms with Crippen molar-refractivity contribution in [1.82, 2.24) is 4.48 Å². The SMILES string of the molecule is [B]n1c(C(C)(C)C=O)cc2ccccc21. The Morgan fingerprint density at radius 2 is 2.00 bits per heavy atom. The molecule has 2 radical (unpaired) electrons. The number of hydrogen-bond donors (Lipinski definition) is 0. The molecule has 0 amide bonds. The zero-order valence-corrected chi connectivity index (χ0v) is 8.90. The summed E-state index contributed by atoms with van der Waals surface area (Å²) in [5.74, 6) is 0. The van der Waals surface area contributed by atoms with Crippen LogP contribution in [0.1, 0.15) is 19.5 Å². The van der Waals surface area contributed by atoms with Gasteiger partial charge in [0.2, 0.25) is 7.98 Å². The molecule has 0 aliphatic carbocycles. The van der Waals surface area contributed by atoms with Crippen molar-refractivity contribution in [2.24, 2.45) is 0 Å². The van der Waals surface area contributed by atoms with E-state index in [2.05, 4.69) is 0 Å². The normalized spacial score (nSPS) is 11.9. The van der Waals surface area contributed by atoms with Crippen LogP contribution >= 0.6 is 0 Å². The van der Waals surface area contributed by atoms with Gasteiger partial charge in [-0.25, -0.2) is 0 Å². The highest BCUT2D eigenvalue weighted by molar-refractivity contribution is 6.12. The average Bonchev–Trinajstić information content (AvgIpc) is 2.58. The van der Waals surface area contributed by atoms with Crippen LogP contribution in [0.15, 0.2) is 30.3 Å². The van der Waals surface area contributed by atoms with Crippen molar-refractivity contribution in [3.05, 3.63) is 36.0 Å². The lowest BCUT2D eigenvalue weighted by Gasteiger charge is -2.18. The van der Waals surface area contributed by atoms with E-state index in [4.69, 9.17) is 7.98 Å². The van der Waals surface area contributed by atoms with E-state index in [1.807, 2.05) is 44.2 Å². The fraction of sp³-hybridized carbons (Fsp3) is 0.250. The summed E-state index contributed by atoms with van der Waals surface area (Å²) in [5.41, 5.74) is 1.23. The minimum atomic E-state index is -0.548. The van der Waals surface area contributed by atoms with Gasteiger partial charge in [0.05, 0.1) is 5.41 Å². The fourth-order valence-electron chi connectivity index (χ4n) is 1.73. The number of para-hydroxylation sites is 1. The number of carbonyl (C=O) groups excluding carboxylic acids is 1. The molecule has 15 heavy (non-hydrogen) atoms. The molecule has 1 heterocycles. The van der Waals surface area contributed by atoms with E-state index in [1.165, 1.54) is 0 Å². The number of carbonyl (C=O) groups is 1. The number of benzene rings is 1. The van der Waals surface area contributed by atoms with Crippen molar-refractivity contribution in [3.8, 4) is 0 Å². The second-order valence-corrected chi connectivity index (χ2v) is 4.30. The van der Waals surface area contributed by atoms with E-state index < -0.39 is 5.41 Å². The summed E-state index contributed by atoms with van der Waals surface area (Å²) in [6.45, 7) is 3.72. The van der Waals surface area contributed by atoms with Crippen molar-refractivity contribution in [3.63, 3.8) is 0 Å². The Morgan fingerprint density at radius 1 is 1.33 bits per heavy atom. The molecule has 1 aromatic heterocycles. The molecule has 0 spiro atoms. The lowest BCUT2D eigenvalue weighted by atomic mass is 9.90. The van der Waals surface area contributed by atoms with Gasteiger partial charge in [0.1, 0.15) is 6.29 Å². The molecule has 0 saturated heterocycles. The highest BCUT2D eigenvalue weighted by Crippen LogP contribution is 2.26. The van der Waals surface area contributed by atoms with Crippen molar-refractivity contribution >= 4 is 25.2 Å². The van der Waals surface area contributed by atoms with Crippen LogP contribution in [0.25, 0.3) is 10.9 Å². The minimum absolute atomic E-state index is 0.548. The standard InChI is InChI=1S/C12H12BNO/c1-12(2,8-15)11-7-9-5-3-4-6-10(9)14(11)13/h3-8H,1-2H3. The van der Waals surface area contributed by atoms with Crippen LogP contribution in [-0.4, -0.2) is 18.7 Å². The third-order valence-electron chi connectivity index (χ3n) is 2.70. The van der Waals surface area contributed by atoms with Gasteiger partial charge in [-0.2, -0.15) is 0 Å². The molecule has 3 heteroatoms. The van der Waals surface area contributed by atoms with Crippen molar-refractivity contribution in [2.75, 3.05) is 0 Å². The van der Waals surface area contributed by atoms with Gasteiger partial charge in [-0.15, -0.1) is 0 Å². The second kappa shape index (κ2) is 3.26. The Hall–Kier alpha value is -1.51. The Labute approximate surface area is 90.3 Å². The molecule has 0 fully saturated rings. The smallest absolute Gasteiger partial charge is 0.234 e. The third kappa shape index (κ3) is 1.48. The fourth-order valence-corrected chi connectivity index (χ4v) is 1.73. The van der Waals surface area contributed by atoms with Gasteiger partial charge in [0.25, 0.3) is 0 Å². The predicted octanol–water partition coefficient (Wildman–Crippen LogP) is 2.05. The number of hydrogen-bond acceptors (Lipinski definition) is 1. The molecule has 0 atom stereocenters. The molecule has 2 aromatic rings. The molecule has 0 aliphatic heterocycles. The molecule has 0 aliphatic rings. The van der Waals surface area contributed by atoms with Gasteiger partial charge in [-0.1, -0.05) is 18.2 Å². The molecular formula is C12H12BNO. The quantitative estimate of drug-likeness (QED) is 0.533. The van der Waals surface area contributed by atoms with E-state index in [9.17, 15) is 4.79 Å². The van der Waals surface area contributed by atoms with E-state index in [0.29, 0.717) is 0 Å². The Balaban J connectivity index is 2.73. The Morgan fingerprint density at radius 3 is 2.60 bits per heavy atom. The van der Waals surface area contributed by atoms with Crippen LogP contribution in [0.4, 0.5) is 0 Å². The number of aldehydes is 1. The lowest BCUT2D eigenvalue weighted by molar-refractivity contribution is -0.111. The maximum atomic E-state index is 11.0. The van der Waals surface area contributed by atoms with Gasteiger partial charge < -0.3 is 9.27 Å². The number of rotatable bonds is 2. The summed E-state index contributed by atoms with van der Waals surface area (Å²) in [6, 6.07) is 9.79. The molecule has 1 aromatic carbocycles. The van der Waals surface area contributed by atoms with Gasteiger partial charge in [0, 0.05) is 11.2 Å². The maximum Gasteiger partial charge on any atom is 0.234 e. The summed E-state index contributed by atoms with van der Waals surface area (Å²) in [6.07, 6.45) is 0.921. The number of nitrogens with zero attached hydrogens (tertiary/aromatic N) is 1. The molecular weight excluding hydrogens is 185 g/mol. The first kappa shape index (κ1) is 10.0. The van der Waals surface area contributed by atoms with Gasteiger partial charge in [-0.3, -0.25) is 0 Å². The van der Waals surface area contributed by atoms with Crippen molar-refractivity contribution < 1.29 is 4.79 Å². The van der Waals surface area contributed by atoms with Crippen LogP contribution in [0.5, 0.6) is 0 Å². The van der Waals surface area contributed by atoms with Gasteiger partial charge in [-0.05, 0) is 31.4 Å². The molecule has 2 rings (SSSR count). The third-order valence-corrected chi connectivity index (χ3v) is 2.70. The summed E-state index contributed by atoms with van der Waals surface area (Å²) in [7, 11) is 5.96. The van der Waals surface area contributed by atoms with Crippen LogP contribution in [0.2, 0.25) is 0 Å². The molecule has 0 saturated carbocycles.